The molecule has 90 valence electrons. The fourth-order valence-corrected chi connectivity index (χ4v) is 1.88. The molecule has 0 N–H and O–H groups in total. The lowest BCUT2D eigenvalue weighted by molar-refractivity contribution is 0.576. The van der Waals surface area contributed by atoms with E-state index in [0.29, 0.717) is 10.8 Å². The fourth-order valence-electron chi connectivity index (χ4n) is 1.77. The number of halogens is 1. The van der Waals surface area contributed by atoms with Crippen LogP contribution in [0.25, 0.3) is 17.3 Å². The van der Waals surface area contributed by atoms with E-state index in [0.717, 1.165) is 17.1 Å². The minimum Gasteiger partial charge on any atom is -0.463 e. The minimum absolute atomic E-state index is 0.599. The van der Waals surface area contributed by atoms with Crippen LogP contribution in [0.4, 0.5) is 0 Å². The van der Waals surface area contributed by atoms with Crippen molar-refractivity contribution >= 4 is 11.6 Å². The van der Waals surface area contributed by atoms with Crippen molar-refractivity contribution in [2.75, 3.05) is 0 Å². The van der Waals surface area contributed by atoms with E-state index in [4.69, 9.17) is 16.0 Å². The second-order valence-corrected chi connectivity index (χ2v) is 4.33. The topological polar surface area (TPSA) is 43.9 Å². The van der Waals surface area contributed by atoms with Gasteiger partial charge in [0.05, 0.1) is 17.0 Å². The highest BCUT2D eigenvalue weighted by molar-refractivity contribution is 6.30. The van der Waals surface area contributed by atoms with E-state index in [1.807, 2.05) is 31.2 Å². The first-order valence-corrected chi connectivity index (χ1v) is 5.84. The number of hydrogen-bond acceptors (Lipinski definition) is 3. The molecule has 0 fully saturated rings. The average molecular weight is 260 g/mol. The lowest BCUT2D eigenvalue weighted by atomic mass is 10.3. The molecule has 0 saturated heterocycles. The third-order valence-electron chi connectivity index (χ3n) is 2.53. The molecule has 0 aliphatic carbocycles. The van der Waals surface area contributed by atoms with Gasteiger partial charge in [0.15, 0.2) is 11.6 Å². The summed E-state index contributed by atoms with van der Waals surface area (Å²) in [5.74, 6) is 1.46. The molecule has 0 atom stereocenters. The maximum Gasteiger partial charge on any atom is 0.154 e. The number of rotatable bonds is 2. The van der Waals surface area contributed by atoms with Gasteiger partial charge in [-0.2, -0.15) is 5.10 Å². The van der Waals surface area contributed by atoms with Gasteiger partial charge in [0.2, 0.25) is 0 Å². The highest BCUT2D eigenvalue weighted by Crippen LogP contribution is 2.23. The maximum absolute atomic E-state index is 5.83. The number of furan rings is 1. The van der Waals surface area contributed by atoms with Gasteiger partial charge in [-0.15, -0.1) is 0 Å². The second kappa shape index (κ2) is 4.31. The molecule has 5 heteroatoms. The van der Waals surface area contributed by atoms with Gasteiger partial charge >= 0.3 is 0 Å². The van der Waals surface area contributed by atoms with Crippen LogP contribution in [0.3, 0.4) is 0 Å². The Morgan fingerprint density at radius 2 is 2.17 bits per heavy atom. The normalized spacial score (nSPS) is 10.8. The van der Waals surface area contributed by atoms with Crippen molar-refractivity contribution in [3.8, 4) is 17.3 Å². The van der Waals surface area contributed by atoms with Crippen molar-refractivity contribution in [1.82, 2.24) is 14.8 Å². The summed E-state index contributed by atoms with van der Waals surface area (Å²) in [6.45, 7) is 1.93. The van der Waals surface area contributed by atoms with Gasteiger partial charge in [0.1, 0.15) is 5.69 Å². The Morgan fingerprint density at radius 3 is 2.83 bits per heavy atom. The SMILES string of the molecule is Cc1cc(-c2ccco2)n(-c2ccc(Cl)cn2)n1. The Morgan fingerprint density at radius 1 is 1.28 bits per heavy atom. The molecular formula is C13H10ClN3O. The lowest BCUT2D eigenvalue weighted by Crippen LogP contribution is -2.01. The molecule has 18 heavy (non-hydrogen) atoms. The molecule has 0 aliphatic rings. The van der Waals surface area contributed by atoms with Gasteiger partial charge in [0, 0.05) is 6.20 Å². The summed E-state index contributed by atoms with van der Waals surface area (Å²) >= 11 is 5.83. The molecule has 3 aromatic heterocycles. The van der Waals surface area contributed by atoms with Crippen LogP contribution in [0.5, 0.6) is 0 Å². The van der Waals surface area contributed by atoms with Crippen LogP contribution in [-0.2, 0) is 0 Å². The molecule has 0 spiro atoms. The Hall–Kier alpha value is -2.07. The van der Waals surface area contributed by atoms with E-state index in [-0.39, 0.29) is 0 Å². The van der Waals surface area contributed by atoms with Gasteiger partial charge in [-0.05, 0) is 37.3 Å². The first kappa shape index (κ1) is 11.0. The summed E-state index contributed by atoms with van der Waals surface area (Å²) in [5, 5.41) is 5.02. The highest BCUT2D eigenvalue weighted by atomic mass is 35.5. The first-order chi connectivity index (χ1) is 8.74. The largest absolute Gasteiger partial charge is 0.463 e. The Balaban J connectivity index is 2.15. The van der Waals surface area contributed by atoms with Crippen molar-refractivity contribution in [1.29, 1.82) is 0 Å². The predicted octanol–water partition coefficient (Wildman–Crippen LogP) is 3.49. The molecule has 3 aromatic rings. The molecule has 0 bridgehead atoms. The molecule has 3 heterocycles. The van der Waals surface area contributed by atoms with Gasteiger partial charge in [-0.25, -0.2) is 9.67 Å². The molecule has 3 rings (SSSR count). The zero-order valence-electron chi connectivity index (χ0n) is 9.67. The van der Waals surface area contributed by atoms with E-state index in [1.54, 1.807) is 23.2 Å². The molecule has 4 nitrogen and oxygen atoms in total. The van der Waals surface area contributed by atoms with Crippen LogP contribution in [-0.4, -0.2) is 14.8 Å². The van der Waals surface area contributed by atoms with Crippen molar-refractivity contribution < 1.29 is 4.42 Å². The number of nitrogens with zero attached hydrogens (tertiary/aromatic N) is 3. The van der Waals surface area contributed by atoms with Crippen LogP contribution in [0.2, 0.25) is 5.02 Å². The molecule has 0 unspecified atom stereocenters. The quantitative estimate of drug-likeness (QED) is 0.708. The zero-order valence-corrected chi connectivity index (χ0v) is 10.4. The molecular weight excluding hydrogens is 250 g/mol. The van der Waals surface area contributed by atoms with Gasteiger partial charge in [-0.1, -0.05) is 11.6 Å². The van der Waals surface area contributed by atoms with Crippen molar-refractivity contribution in [2.24, 2.45) is 0 Å². The predicted molar refractivity (Wildman–Crippen MR) is 68.8 cm³/mol. The fraction of sp³-hybridized carbons (Fsp3) is 0.0769. The van der Waals surface area contributed by atoms with Crippen LogP contribution >= 0.6 is 11.6 Å². The third-order valence-corrected chi connectivity index (χ3v) is 2.76. The van der Waals surface area contributed by atoms with Crippen LogP contribution in [0.15, 0.2) is 47.2 Å². The summed E-state index contributed by atoms with van der Waals surface area (Å²) < 4.78 is 7.14. The second-order valence-electron chi connectivity index (χ2n) is 3.89. The maximum atomic E-state index is 5.83. The van der Waals surface area contributed by atoms with E-state index < -0.39 is 0 Å². The molecule has 0 amide bonds. The Kier molecular flexibility index (Phi) is 2.64. The van der Waals surface area contributed by atoms with Crippen molar-refractivity contribution in [3.05, 3.63) is 53.5 Å². The van der Waals surface area contributed by atoms with Gasteiger partial charge < -0.3 is 4.42 Å². The Bertz CT molecular complexity index is 656. The number of aromatic nitrogens is 3. The van der Waals surface area contributed by atoms with Crippen LogP contribution in [0.1, 0.15) is 5.69 Å². The van der Waals surface area contributed by atoms with Crippen LogP contribution < -0.4 is 0 Å². The average Bonchev–Trinajstić information content (AvgIpc) is 2.98. The number of aryl methyl sites for hydroxylation is 1. The highest BCUT2D eigenvalue weighted by Gasteiger charge is 2.12. The molecule has 0 aliphatic heterocycles. The first-order valence-electron chi connectivity index (χ1n) is 5.46. The van der Waals surface area contributed by atoms with Gasteiger partial charge in [-0.3, -0.25) is 0 Å². The van der Waals surface area contributed by atoms with Crippen molar-refractivity contribution in [3.63, 3.8) is 0 Å². The third kappa shape index (κ3) is 1.91. The minimum atomic E-state index is 0.599. The number of hydrogen-bond donors (Lipinski definition) is 0. The van der Waals surface area contributed by atoms with E-state index in [2.05, 4.69) is 10.1 Å². The molecule has 0 radical (unpaired) electrons. The summed E-state index contributed by atoms with van der Waals surface area (Å²) in [7, 11) is 0. The lowest BCUT2D eigenvalue weighted by Gasteiger charge is -2.04. The smallest absolute Gasteiger partial charge is 0.154 e. The van der Waals surface area contributed by atoms with Gasteiger partial charge in [0.25, 0.3) is 0 Å². The molecule has 0 aromatic carbocycles. The van der Waals surface area contributed by atoms with E-state index in [9.17, 15) is 0 Å². The summed E-state index contributed by atoms with van der Waals surface area (Å²) in [4.78, 5) is 4.26. The van der Waals surface area contributed by atoms with E-state index >= 15 is 0 Å². The summed E-state index contributed by atoms with van der Waals surface area (Å²) in [6.07, 6.45) is 3.23. The Labute approximate surface area is 109 Å². The number of pyridine rings is 1. The summed E-state index contributed by atoms with van der Waals surface area (Å²) in [5.41, 5.74) is 1.77. The van der Waals surface area contributed by atoms with E-state index in [1.165, 1.54) is 0 Å². The monoisotopic (exact) mass is 259 g/mol. The zero-order chi connectivity index (χ0) is 12.5. The van der Waals surface area contributed by atoms with Crippen LogP contribution in [0, 0.1) is 6.92 Å². The standard InChI is InChI=1S/C13H10ClN3O/c1-9-7-11(12-3-2-6-18-12)17(16-9)13-5-4-10(14)8-15-13/h2-8H,1H3. The van der Waals surface area contributed by atoms with Crippen molar-refractivity contribution in [2.45, 2.75) is 6.92 Å². The molecule has 0 saturated carbocycles. The summed E-state index contributed by atoms with van der Waals surface area (Å²) in [6, 6.07) is 9.29.